The minimum absolute atomic E-state index is 0.0445. The SMILES string of the molecule is CN(C)CC1COC(C)(C)SC1. The van der Waals surface area contributed by atoms with Crippen LogP contribution in [0.25, 0.3) is 0 Å². The molecule has 1 saturated heterocycles. The van der Waals surface area contributed by atoms with Crippen molar-refractivity contribution in [3.8, 4) is 0 Å². The van der Waals surface area contributed by atoms with Gasteiger partial charge >= 0.3 is 0 Å². The Bertz CT molecular complexity index is 137. The molecule has 1 atom stereocenters. The average molecular weight is 189 g/mol. The van der Waals surface area contributed by atoms with E-state index in [1.807, 2.05) is 11.8 Å². The lowest BCUT2D eigenvalue weighted by atomic mass is 10.2. The normalized spacial score (nSPS) is 29.2. The fourth-order valence-electron chi connectivity index (χ4n) is 1.35. The van der Waals surface area contributed by atoms with Crippen LogP contribution in [0.2, 0.25) is 0 Å². The number of ether oxygens (including phenoxy) is 1. The molecular weight excluding hydrogens is 170 g/mol. The first kappa shape index (κ1) is 10.4. The molecular formula is C9H19NOS. The van der Waals surface area contributed by atoms with Crippen LogP contribution in [0.1, 0.15) is 13.8 Å². The third-order valence-corrected chi connectivity index (χ3v) is 3.41. The topological polar surface area (TPSA) is 12.5 Å². The summed E-state index contributed by atoms with van der Waals surface area (Å²) in [6.45, 7) is 6.34. The molecule has 0 aliphatic carbocycles. The molecule has 1 unspecified atom stereocenters. The molecule has 3 heteroatoms. The van der Waals surface area contributed by atoms with Crippen molar-refractivity contribution >= 4 is 11.8 Å². The van der Waals surface area contributed by atoms with Gasteiger partial charge in [0.05, 0.1) is 6.61 Å². The minimum atomic E-state index is 0.0445. The molecule has 1 aliphatic rings. The second-order valence-electron chi connectivity index (χ2n) is 4.15. The van der Waals surface area contributed by atoms with Crippen molar-refractivity contribution in [3.05, 3.63) is 0 Å². The largest absolute Gasteiger partial charge is 0.365 e. The van der Waals surface area contributed by atoms with E-state index in [1.165, 1.54) is 5.75 Å². The second kappa shape index (κ2) is 3.99. The highest BCUT2D eigenvalue weighted by Gasteiger charge is 2.28. The summed E-state index contributed by atoms with van der Waals surface area (Å²) >= 11 is 1.92. The first-order chi connectivity index (χ1) is 5.49. The van der Waals surface area contributed by atoms with E-state index < -0.39 is 0 Å². The highest BCUT2D eigenvalue weighted by molar-refractivity contribution is 8.00. The zero-order chi connectivity index (χ0) is 9.19. The van der Waals surface area contributed by atoms with E-state index in [-0.39, 0.29) is 4.93 Å². The van der Waals surface area contributed by atoms with E-state index in [0.29, 0.717) is 5.92 Å². The van der Waals surface area contributed by atoms with E-state index in [4.69, 9.17) is 4.74 Å². The van der Waals surface area contributed by atoms with E-state index in [2.05, 4.69) is 32.8 Å². The average Bonchev–Trinajstić information content (AvgIpc) is 1.93. The Kier molecular flexibility index (Phi) is 3.44. The third kappa shape index (κ3) is 3.33. The van der Waals surface area contributed by atoms with Gasteiger partial charge in [0.25, 0.3) is 0 Å². The van der Waals surface area contributed by atoms with Crippen LogP contribution in [-0.2, 0) is 4.74 Å². The zero-order valence-electron chi connectivity index (χ0n) is 8.46. The molecule has 0 spiro atoms. The van der Waals surface area contributed by atoms with Gasteiger partial charge in [-0.05, 0) is 27.9 Å². The van der Waals surface area contributed by atoms with Gasteiger partial charge in [-0.3, -0.25) is 0 Å². The van der Waals surface area contributed by atoms with Crippen molar-refractivity contribution in [2.75, 3.05) is 33.0 Å². The van der Waals surface area contributed by atoms with E-state index in [0.717, 1.165) is 13.2 Å². The van der Waals surface area contributed by atoms with Crippen LogP contribution in [0, 0.1) is 5.92 Å². The second-order valence-corrected chi connectivity index (χ2v) is 5.76. The summed E-state index contributed by atoms with van der Waals surface area (Å²) in [5, 5.41) is 0. The van der Waals surface area contributed by atoms with Gasteiger partial charge in [0.1, 0.15) is 4.93 Å². The minimum Gasteiger partial charge on any atom is -0.365 e. The molecule has 12 heavy (non-hydrogen) atoms. The highest BCUT2D eigenvalue weighted by Crippen LogP contribution is 2.32. The Labute approximate surface area is 79.6 Å². The van der Waals surface area contributed by atoms with E-state index >= 15 is 0 Å². The third-order valence-electron chi connectivity index (χ3n) is 1.96. The molecule has 0 bridgehead atoms. The fourth-order valence-corrected chi connectivity index (χ4v) is 2.34. The monoisotopic (exact) mass is 189 g/mol. The van der Waals surface area contributed by atoms with Crippen molar-refractivity contribution in [2.45, 2.75) is 18.8 Å². The maximum Gasteiger partial charge on any atom is 0.108 e. The lowest BCUT2D eigenvalue weighted by Crippen LogP contribution is -2.36. The molecule has 0 aromatic heterocycles. The van der Waals surface area contributed by atoms with Crippen LogP contribution in [-0.4, -0.2) is 42.8 Å². The van der Waals surface area contributed by atoms with Gasteiger partial charge in [-0.25, -0.2) is 0 Å². The van der Waals surface area contributed by atoms with Gasteiger partial charge in [-0.1, -0.05) is 0 Å². The van der Waals surface area contributed by atoms with Gasteiger partial charge in [-0.2, -0.15) is 0 Å². The Morgan fingerprint density at radius 1 is 1.50 bits per heavy atom. The smallest absolute Gasteiger partial charge is 0.108 e. The Balaban J connectivity index is 2.27. The van der Waals surface area contributed by atoms with Gasteiger partial charge in [0, 0.05) is 18.2 Å². The predicted octanol–water partition coefficient (Wildman–Crippen LogP) is 1.66. The first-order valence-corrected chi connectivity index (χ1v) is 5.41. The predicted molar refractivity (Wildman–Crippen MR) is 54.5 cm³/mol. The molecule has 0 saturated carbocycles. The molecule has 0 radical (unpaired) electrons. The number of thioether (sulfide) groups is 1. The van der Waals surface area contributed by atoms with Crippen LogP contribution >= 0.6 is 11.8 Å². The first-order valence-electron chi connectivity index (χ1n) is 4.42. The lowest BCUT2D eigenvalue weighted by Gasteiger charge is -2.35. The number of rotatable bonds is 2. The Hall–Kier alpha value is 0.270. The summed E-state index contributed by atoms with van der Waals surface area (Å²) in [6, 6.07) is 0. The Morgan fingerprint density at radius 3 is 2.58 bits per heavy atom. The standard InChI is InChI=1S/C9H19NOS/c1-9(2)11-6-8(7-12-9)5-10(3)4/h8H,5-7H2,1-4H3. The molecule has 0 N–H and O–H groups in total. The van der Waals surface area contributed by atoms with Crippen LogP contribution in [0.15, 0.2) is 0 Å². The van der Waals surface area contributed by atoms with Crippen LogP contribution in [0.3, 0.4) is 0 Å². The molecule has 1 fully saturated rings. The Morgan fingerprint density at radius 2 is 2.17 bits per heavy atom. The summed E-state index contributed by atoms with van der Waals surface area (Å²) in [4.78, 5) is 2.27. The van der Waals surface area contributed by atoms with Gasteiger partial charge < -0.3 is 9.64 Å². The number of hydrogen-bond donors (Lipinski definition) is 0. The molecule has 0 aromatic carbocycles. The van der Waals surface area contributed by atoms with Crippen molar-refractivity contribution in [3.63, 3.8) is 0 Å². The van der Waals surface area contributed by atoms with E-state index in [1.54, 1.807) is 0 Å². The molecule has 1 rings (SSSR count). The number of hydrogen-bond acceptors (Lipinski definition) is 3. The van der Waals surface area contributed by atoms with Crippen LogP contribution in [0.5, 0.6) is 0 Å². The quantitative estimate of drug-likeness (QED) is 0.655. The van der Waals surface area contributed by atoms with Crippen LogP contribution < -0.4 is 0 Å². The molecule has 2 nitrogen and oxygen atoms in total. The molecule has 0 aromatic rings. The fraction of sp³-hybridized carbons (Fsp3) is 1.00. The molecule has 0 amide bonds. The summed E-state index contributed by atoms with van der Waals surface area (Å²) in [7, 11) is 4.23. The van der Waals surface area contributed by atoms with Gasteiger partial charge in [-0.15, -0.1) is 11.8 Å². The molecule has 1 aliphatic heterocycles. The van der Waals surface area contributed by atoms with Crippen LogP contribution in [0.4, 0.5) is 0 Å². The van der Waals surface area contributed by atoms with Gasteiger partial charge in [0.2, 0.25) is 0 Å². The van der Waals surface area contributed by atoms with Gasteiger partial charge in [0.15, 0.2) is 0 Å². The van der Waals surface area contributed by atoms with Crippen molar-refractivity contribution < 1.29 is 4.74 Å². The number of nitrogens with zero attached hydrogens (tertiary/aromatic N) is 1. The van der Waals surface area contributed by atoms with Crippen molar-refractivity contribution in [2.24, 2.45) is 5.92 Å². The molecule has 1 heterocycles. The lowest BCUT2D eigenvalue weighted by molar-refractivity contribution is 0.0172. The van der Waals surface area contributed by atoms with Crippen molar-refractivity contribution in [1.82, 2.24) is 4.90 Å². The highest BCUT2D eigenvalue weighted by atomic mass is 32.2. The van der Waals surface area contributed by atoms with E-state index in [9.17, 15) is 0 Å². The summed E-state index contributed by atoms with van der Waals surface area (Å²) in [5.74, 6) is 1.93. The summed E-state index contributed by atoms with van der Waals surface area (Å²) < 4.78 is 5.72. The maximum absolute atomic E-state index is 5.72. The zero-order valence-corrected chi connectivity index (χ0v) is 9.28. The van der Waals surface area contributed by atoms with Crippen molar-refractivity contribution in [1.29, 1.82) is 0 Å². The molecule has 72 valence electrons. The summed E-state index contributed by atoms with van der Waals surface area (Å²) in [5.41, 5.74) is 0. The maximum atomic E-state index is 5.72. The summed E-state index contributed by atoms with van der Waals surface area (Å²) in [6.07, 6.45) is 0.